The molecule has 0 bridgehead atoms. The van der Waals surface area contributed by atoms with Crippen LogP contribution in [0.5, 0.6) is 23.3 Å². The highest BCUT2D eigenvalue weighted by Gasteiger charge is 2.23. The molecular formula is C32H26Cl2N6O6. The Morgan fingerprint density at radius 1 is 0.978 bits per heavy atom. The Morgan fingerprint density at radius 3 is 2.37 bits per heavy atom. The van der Waals surface area contributed by atoms with Crippen molar-refractivity contribution in [3.05, 3.63) is 108 Å². The summed E-state index contributed by atoms with van der Waals surface area (Å²) in [6, 6.07) is 18.3. The topological polar surface area (TPSA) is 142 Å². The third kappa shape index (κ3) is 6.32. The largest absolute Gasteiger partial charge is 0.497 e. The Hall–Kier alpha value is -5.51. The van der Waals surface area contributed by atoms with Gasteiger partial charge in [0.15, 0.2) is 22.7 Å². The molecule has 0 saturated heterocycles. The van der Waals surface area contributed by atoms with Crippen molar-refractivity contribution in [3.8, 4) is 29.3 Å². The molecule has 0 radical (unpaired) electrons. The van der Waals surface area contributed by atoms with E-state index >= 15 is 0 Å². The van der Waals surface area contributed by atoms with Gasteiger partial charge in [0.25, 0.3) is 11.5 Å². The Kier molecular flexibility index (Phi) is 9.18. The molecule has 0 saturated carbocycles. The van der Waals surface area contributed by atoms with E-state index in [2.05, 4.69) is 10.3 Å². The number of carbonyl (C=O) groups excluding carboxylic acids is 1. The number of aryl methyl sites for hydroxylation is 1. The van der Waals surface area contributed by atoms with Gasteiger partial charge in [-0.15, -0.1) is 0 Å². The molecule has 0 aliphatic carbocycles. The van der Waals surface area contributed by atoms with E-state index in [9.17, 15) is 19.6 Å². The van der Waals surface area contributed by atoms with E-state index in [1.807, 2.05) is 6.07 Å². The van der Waals surface area contributed by atoms with Crippen molar-refractivity contribution < 1.29 is 19.0 Å². The molecule has 14 heteroatoms. The van der Waals surface area contributed by atoms with Gasteiger partial charge in [-0.25, -0.2) is 4.79 Å². The smallest absolute Gasteiger partial charge is 0.332 e. The van der Waals surface area contributed by atoms with Crippen LogP contribution in [0, 0.1) is 11.3 Å². The Labute approximate surface area is 272 Å². The van der Waals surface area contributed by atoms with Crippen LogP contribution in [0.25, 0.3) is 17.2 Å². The molecule has 2 heterocycles. The van der Waals surface area contributed by atoms with Gasteiger partial charge in [-0.2, -0.15) is 10.2 Å². The summed E-state index contributed by atoms with van der Waals surface area (Å²) in [4.78, 5) is 43.3. The Balaban J connectivity index is 1.52. The minimum absolute atomic E-state index is 0.0162. The number of amides is 1. The first-order chi connectivity index (χ1) is 22.0. The zero-order valence-electron chi connectivity index (χ0n) is 25.0. The molecular weight excluding hydrogens is 635 g/mol. The summed E-state index contributed by atoms with van der Waals surface area (Å²) >= 11 is 12.5. The highest BCUT2D eigenvalue weighted by atomic mass is 35.5. The number of anilines is 1. The summed E-state index contributed by atoms with van der Waals surface area (Å²) in [6.45, 7) is 0.0628. The first-order valence-corrected chi connectivity index (χ1v) is 14.3. The highest BCUT2D eigenvalue weighted by molar-refractivity contribution is 6.35. The molecule has 12 nitrogen and oxygen atoms in total. The van der Waals surface area contributed by atoms with Crippen LogP contribution in [-0.4, -0.2) is 38.8 Å². The predicted molar refractivity (Wildman–Crippen MR) is 174 cm³/mol. The van der Waals surface area contributed by atoms with E-state index < -0.39 is 17.2 Å². The minimum atomic E-state index is -0.603. The van der Waals surface area contributed by atoms with Crippen LogP contribution in [0.2, 0.25) is 10.0 Å². The number of hydrogen-bond acceptors (Lipinski definition) is 8. The van der Waals surface area contributed by atoms with Crippen LogP contribution in [0.4, 0.5) is 5.69 Å². The third-order valence-electron chi connectivity index (χ3n) is 7.07. The van der Waals surface area contributed by atoms with Crippen molar-refractivity contribution in [1.29, 1.82) is 5.26 Å². The molecule has 0 atom stereocenters. The molecule has 234 valence electrons. The maximum Gasteiger partial charge on any atom is 0.332 e. The van der Waals surface area contributed by atoms with E-state index in [0.29, 0.717) is 32.6 Å². The fourth-order valence-electron chi connectivity index (χ4n) is 4.62. The van der Waals surface area contributed by atoms with Crippen LogP contribution >= 0.6 is 23.2 Å². The van der Waals surface area contributed by atoms with Crippen LogP contribution in [-0.2, 0) is 25.4 Å². The van der Waals surface area contributed by atoms with Gasteiger partial charge >= 0.3 is 11.7 Å². The molecule has 5 aromatic rings. The highest BCUT2D eigenvalue weighted by Crippen LogP contribution is 2.34. The lowest BCUT2D eigenvalue weighted by Crippen LogP contribution is -2.37. The van der Waals surface area contributed by atoms with Gasteiger partial charge in [-0.1, -0.05) is 35.3 Å². The van der Waals surface area contributed by atoms with Crippen molar-refractivity contribution in [1.82, 2.24) is 18.7 Å². The SMILES string of the molecule is COc1ccc(NC(=O)C(C#N)=Cc2ccc(Oc3nc4c(c(=O)n(C)c(=O)n4C)n3Cc3ccc(Cl)cc3Cl)c(OC)c2)cc1. The Bertz CT molecular complexity index is 2180. The van der Waals surface area contributed by atoms with Crippen LogP contribution in [0.15, 0.2) is 75.8 Å². The molecule has 5 rings (SSSR count). The maximum absolute atomic E-state index is 13.3. The summed E-state index contributed by atoms with van der Waals surface area (Å²) in [5.41, 5.74) is 0.525. The normalized spacial score (nSPS) is 11.3. The van der Waals surface area contributed by atoms with E-state index in [-0.39, 0.29) is 40.8 Å². The lowest BCUT2D eigenvalue weighted by atomic mass is 10.1. The molecule has 0 spiro atoms. The number of nitrogens with zero attached hydrogens (tertiary/aromatic N) is 5. The number of methoxy groups -OCH3 is 2. The average molecular weight is 662 g/mol. The summed E-state index contributed by atoms with van der Waals surface area (Å²) in [5, 5.41) is 13.2. The van der Waals surface area contributed by atoms with E-state index in [1.54, 1.807) is 60.7 Å². The number of nitrogens with one attached hydrogen (secondary N) is 1. The Morgan fingerprint density at radius 2 is 1.72 bits per heavy atom. The minimum Gasteiger partial charge on any atom is -0.497 e. The monoisotopic (exact) mass is 660 g/mol. The second-order valence-corrected chi connectivity index (χ2v) is 10.8. The number of rotatable bonds is 9. The van der Waals surface area contributed by atoms with Crippen LogP contribution in [0.1, 0.15) is 11.1 Å². The number of hydrogen-bond donors (Lipinski definition) is 1. The van der Waals surface area contributed by atoms with E-state index in [4.69, 9.17) is 37.4 Å². The van der Waals surface area contributed by atoms with Gasteiger partial charge in [0.2, 0.25) is 0 Å². The number of halogens is 2. The molecule has 46 heavy (non-hydrogen) atoms. The van der Waals surface area contributed by atoms with Crippen LogP contribution < -0.4 is 30.8 Å². The number of fused-ring (bicyclic) bond motifs is 1. The van der Waals surface area contributed by atoms with Gasteiger partial charge < -0.3 is 19.5 Å². The molecule has 0 aliphatic heterocycles. The zero-order valence-corrected chi connectivity index (χ0v) is 26.5. The van der Waals surface area contributed by atoms with Gasteiger partial charge in [-0.05, 0) is 65.7 Å². The molecule has 1 N–H and O–H groups in total. The maximum atomic E-state index is 13.3. The summed E-state index contributed by atoms with van der Waals surface area (Å²) in [7, 11) is 5.83. The molecule has 3 aromatic carbocycles. The molecule has 0 fully saturated rings. The number of aromatic nitrogens is 4. The summed E-state index contributed by atoms with van der Waals surface area (Å²) in [6.07, 6.45) is 1.41. The fourth-order valence-corrected chi connectivity index (χ4v) is 5.08. The second-order valence-electron chi connectivity index (χ2n) is 9.96. The first-order valence-electron chi connectivity index (χ1n) is 13.6. The standard InChI is InChI=1S/C32H26Cl2N6O6/c1-38-28-27(30(42)39(2)32(38)43)40(17-19-6-7-21(33)15-24(19)34)31(37-28)46-25-12-5-18(14-26(25)45-4)13-20(16-35)29(41)36-22-8-10-23(44-3)11-9-22/h5-15H,17H2,1-4H3,(H,36,41). The predicted octanol–water partition coefficient (Wildman–Crippen LogP) is 5.14. The average Bonchev–Trinajstić information content (AvgIpc) is 3.41. The lowest BCUT2D eigenvalue weighted by Gasteiger charge is -2.13. The lowest BCUT2D eigenvalue weighted by molar-refractivity contribution is -0.112. The van der Waals surface area contributed by atoms with E-state index in [1.165, 1.54) is 43.5 Å². The summed E-state index contributed by atoms with van der Waals surface area (Å²) < 4.78 is 20.6. The zero-order chi connectivity index (χ0) is 33.1. The van der Waals surface area contributed by atoms with Gasteiger partial charge in [-0.3, -0.25) is 23.3 Å². The fraction of sp³-hybridized carbons (Fsp3) is 0.156. The van der Waals surface area contributed by atoms with Crippen LogP contribution in [0.3, 0.4) is 0 Å². The molecule has 0 aliphatic rings. The van der Waals surface area contributed by atoms with Crippen molar-refractivity contribution in [3.63, 3.8) is 0 Å². The molecule has 2 aromatic heterocycles. The summed E-state index contributed by atoms with van der Waals surface area (Å²) in [5.74, 6) is 0.473. The van der Waals surface area contributed by atoms with Gasteiger partial charge in [0, 0.05) is 29.8 Å². The van der Waals surface area contributed by atoms with Crippen molar-refractivity contribution in [2.75, 3.05) is 19.5 Å². The van der Waals surface area contributed by atoms with E-state index in [0.717, 1.165) is 4.57 Å². The molecule has 0 unspecified atom stereocenters. The van der Waals surface area contributed by atoms with Crippen molar-refractivity contribution in [2.24, 2.45) is 14.1 Å². The quantitative estimate of drug-likeness (QED) is 0.169. The number of ether oxygens (including phenoxy) is 3. The molecule has 1 amide bonds. The third-order valence-corrected chi connectivity index (χ3v) is 7.66. The number of benzene rings is 3. The first kappa shape index (κ1) is 31.9. The van der Waals surface area contributed by atoms with Gasteiger partial charge in [0.1, 0.15) is 17.4 Å². The van der Waals surface area contributed by atoms with Gasteiger partial charge in [0.05, 0.1) is 20.8 Å². The number of carbonyl (C=O) groups is 1. The number of imidazole rings is 1. The van der Waals surface area contributed by atoms with Crippen molar-refractivity contribution >= 4 is 52.0 Å². The second kappa shape index (κ2) is 13.2. The number of nitriles is 1. The van der Waals surface area contributed by atoms with Crippen molar-refractivity contribution in [2.45, 2.75) is 6.54 Å².